The normalized spacial score (nSPS) is 11.9. The minimum absolute atomic E-state index is 0.00904. The summed E-state index contributed by atoms with van der Waals surface area (Å²) < 4.78 is 4.86. The second kappa shape index (κ2) is 23.5. The van der Waals surface area contributed by atoms with Crippen molar-refractivity contribution in [3.05, 3.63) is 37.3 Å². The molecule has 0 amide bonds. The van der Waals surface area contributed by atoms with Crippen LogP contribution in [-0.2, 0) is 9.53 Å². The van der Waals surface area contributed by atoms with E-state index >= 15 is 0 Å². The number of esters is 1. The predicted molar refractivity (Wildman–Crippen MR) is 157 cm³/mol. The van der Waals surface area contributed by atoms with Gasteiger partial charge in [0.1, 0.15) is 22.8 Å². The standard InChI is InChI=1S/C21H40O4.C6HCl5O/c1-2-3-4-5-6-7-8-9-10-11-12-13-14-15-16-17-21(24)25-19-20(23)18-22;7-1-2(8)4(10)6(12)5(11)3(1)9/h9-10,20,22-23H,2-8,11-19H2,1H3;12H/b10-9-;. The minimum Gasteiger partial charge on any atom is -0.505 e. The van der Waals surface area contributed by atoms with Gasteiger partial charge in [-0.15, -0.1) is 0 Å². The van der Waals surface area contributed by atoms with E-state index in [0.717, 1.165) is 25.7 Å². The Hall–Kier alpha value is -0.400. The van der Waals surface area contributed by atoms with E-state index in [1.165, 1.54) is 57.8 Å². The fourth-order valence-corrected chi connectivity index (χ4v) is 4.38. The lowest BCUT2D eigenvalue weighted by Crippen LogP contribution is -2.21. The third-order valence-corrected chi connectivity index (χ3v) is 7.73. The maximum atomic E-state index is 11.4. The van der Waals surface area contributed by atoms with E-state index in [0.29, 0.717) is 6.42 Å². The lowest BCUT2D eigenvalue weighted by Gasteiger charge is -2.08. The summed E-state index contributed by atoms with van der Waals surface area (Å²) in [6.45, 7) is 1.77. The molecule has 0 saturated carbocycles. The number of aromatic hydroxyl groups is 1. The average Bonchev–Trinajstić information content (AvgIpc) is 2.90. The lowest BCUT2D eigenvalue weighted by molar-refractivity contribution is -0.147. The van der Waals surface area contributed by atoms with E-state index in [4.69, 9.17) is 73.0 Å². The molecule has 0 aromatic heterocycles. The molecule has 37 heavy (non-hydrogen) atoms. The summed E-state index contributed by atoms with van der Waals surface area (Å²) in [6, 6.07) is 0. The van der Waals surface area contributed by atoms with E-state index in [-0.39, 0.29) is 50.0 Å². The number of hydrogen-bond donors (Lipinski definition) is 3. The van der Waals surface area contributed by atoms with Crippen LogP contribution in [0.5, 0.6) is 5.75 Å². The molecule has 0 bridgehead atoms. The zero-order chi connectivity index (χ0) is 28.1. The summed E-state index contributed by atoms with van der Waals surface area (Å²) >= 11 is 27.9. The number of hydrogen-bond acceptors (Lipinski definition) is 5. The Labute approximate surface area is 247 Å². The van der Waals surface area contributed by atoms with Gasteiger partial charge in [0.2, 0.25) is 0 Å². The highest BCUT2D eigenvalue weighted by Crippen LogP contribution is 2.47. The van der Waals surface area contributed by atoms with E-state index in [1.807, 2.05) is 0 Å². The van der Waals surface area contributed by atoms with Gasteiger partial charge >= 0.3 is 5.97 Å². The summed E-state index contributed by atoms with van der Waals surface area (Å²) in [4.78, 5) is 11.4. The van der Waals surface area contributed by atoms with Crippen LogP contribution in [0.4, 0.5) is 0 Å². The summed E-state index contributed by atoms with van der Waals surface area (Å²) in [5, 5.41) is 26.7. The van der Waals surface area contributed by atoms with Crippen molar-refractivity contribution in [3.8, 4) is 5.75 Å². The summed E-state index contributed by atoms with van der Waals surface area (Å²) in [7, 11) is 0. The smallest absolute Gasteiger partial charge is 0.305 e. The van der Waals surface area contributed by atoms with Gasteiger partial charge in [-0.05, 0) is 32.1 Å². The van der Waals surface area contributed by atoms with Crippen LogP contribution in [0.3, 0.4) is 0 Å². The number of phenols is 1. The Morgan fingerprint density at radius 2 is 1.19 bits per heavy atom. The number of halogens is 5. The molecule has 10 heteroatoms. The number of benzene rings is 1. The Bertz CT molecular complexity index is 684. The quantitative estimate of drug-likeness (QED) is 0.0499. The van der Waals surface area contributed by atoms with Crippen LogP contribution in [0.1, 0.15) is 96.8 Å². The molecular weight excluding hydrogens is 582 g/mol. The Morgan fingerprint density at radius 3 is 1.68 bits per heavy atom. The van der Waals surface area contributed by atoms with E-state index < -0.39 is 6.10 Å². The number of aliphatic hydroxyl groups is 2. The number of phenolic OH excluding ortho intramolecular Hbond substituents is 1. The maximum absolute atomic E-state index is 11.4. The number of unbranched alkanes of at least 4 members (excludes halogenated alkanes) is 11. The maximum Gasteiger partial charge on any atom is 0.305 e. The van der Waals surface area contributed by atoms with E-state index in [9.17, 15) is 9.90 Å². The van der Waals surface area contributed by atoms with Crippen molar-refractivity contribution < 1.29 is 24.9 Å². The molecule has 1 atom stereocenters. The number of ether oxygens (including phenoxy) is 1. The number of rotatable bonds is 18. The predicted octanol–water partition coefficient (Wildman–Crippen LogP) is 9.58. The van der Waals surface area contributed by atoms with Gasteiger partial charge in [-0.3, -0.25) is 4.79 Å². The molecule has 0 saturated heterocycles. The molecular formula is C27H41Cl5O5. The first-order chi connectivity index (χ1) is 17.7. The zero-order valence-electron chi connectivity index (χ0n) is 21.6. The van der Waals surface area contributed by atoms with Crippen LogP contribution in [0, 0.1) is 0 Å². The van der Waals surface area contributed by atoms with Crippen molar-refractivity contribution in [3.63, 3.8) is 0 Å². The van der Waals surface area contributed by atoms with E-state index in [1.54, 1.807) is 0 Å². The highest BCUT2D eigenvalue weighted by molar-refractivity contribution is 6.55. The molecule has 3 N–H and O–H groups in total. The molecule has 0 aliphatic rings. The number of carbonyl (C=O) groups excluding carboxylic acids is 1. The molecule has 0 radical (unpaired) electrons. The summed E-state index contributed by atoms with van der Waals surface area (Å²) in [5.74, 6) is -0.650. The van der Waals surface area contributed by atoms with E-state index in [2.05, 4.69) is 19.1 Å². The molecule has 214 valence electrons. The van der Waals surface area contributed by atoms with Crippen molar-refractivity contribution in [1.82, 2.24) is 0 Å². The lowest BCUT2D eigenvalue weighted by atomic mass is 10.1. The highest BCUT2D eigenvalue weighted by Gasteiger charge is 2.18. The summed E-state index contributed by atoms with van der Waals surface area (Å²) in [5.41, 5.74) is 0. The van der Waals surface area contributed by atoms with Crippen molar-refractivity contribution >= 4 is 64.0 Å². The van der Waals surface area contributed by atoms with Gasteiger partial charge in [-0.2, -0.15) is 0 Å². The molecule has 1 unspecified atom stereocenters. The Kier molecular flexibility index (Phi) is 23.2. The third-order valence-electron chi connectivity index (χ3n) is 5.48. The van der Waals surface area contributed by atoms with Crippen LogP contribution >= 0.6 is 58.0 Å². The molecule has 1 aromatic rings. The van der Waals surface area contributed by atoms with Crippen molar-refractivity contribution in [2.75, 3.05) is 13.2 Å². The first kappa shape index (κ1) is 36.6. The van der Waals surface area contributed by atoms with Gasteiger partial charge in [0.15, 0.2) is 5.75 Å². The third kappa shape index (κ3) is 17.7. The van der Waals surface area contributed by atoms with Crippen LogP contribution in [0.25, 0.3) is 0 Å². The van der Waals surface area contributed by atoms with Gasteiger partial charge in [0.25, 0.3) is 0 Å². The Morgan fingerprint density at radius 1 is 0.757 bits per heavy atom. The molecule has 0 heterocycles. The molecule has 0 aliphatic heterocycles. The van der Waals surface area contributed by atoms with Gasteiger partial charge < -0.3 is 20.1 Å². The van der Waals surface area contributed by atoms with Crippen LogP contribution in [0.15, 0.2) is 12.2 Å². The van der Waals surface area contributed by atoms with Crippen LogP contribution in [0.2, 0.25) is 25.1 Å². The topological polar surface area (TPSA) is 87.0 Å². The van der Waals surface area contributed by atoms with Crippen molar-refractivity contribution in [1.29, 1.82) is 0 Å². The van der Waals surface area contributed by atoms with Crippen LogP contribution in [-0.4, -0.2) is 40.6 Å². The molecule has 0 fully saturated rings. The average molecular weight is 623 g/mol. The number of aliphatic hydroxyl groups excluding tert-OH is 2. The second-order valence-corrected chi connectivity index (χ2v) is 10.7. The number of allylic oxidation sites excluding steroid dienone is 2. The molecule has 5 nitrogen and oxygen atoms in total. The van der Waals surface area contributed by atoms with Gasteiger partial charge in [-0.25, -0.2) is 0 Å². The molecule has 0 spiro atoms. The first-order valence-corrected chi connectivity index (χ1v) is 14.9. The SMILES string of the molecule is CCCCCCCC/C=C\CCCCCCCC(=O)OCC(O)CO.Oc1c(Cl)c(Cl)c(Cl)c(Cl)c1Cl. The van der Waals surface area contributed by atoms with Crippen molar-refractivity contribution in [2.45, 2.75) is 103 Å². The molecule has 1 rings (SSSR count). The first-order valence-electron chi connectivity index (χ1n) is 13.0. The largest absolute Gasteiger partial charge is 0.505 e. The highest BCUT2D eigenvalue weighted by atomic mass is 35.5. The molecule has 1 aromatic carbocycles. The second-order valence-electron chi connectivity index (χ2n) is 8.77. The van der Waals surface area contributed by atoms with Crippen LogP contribution < -0.4 is 0 Å². The van der Waals surface area contributed by atoms with Crippen molar-refractivity contribution in [2.24, 2.45) is 0 Å². The zero-order valence-corrected chi connectivity index (χ0v) is 25.4. The fraction of sp³-hybridized carbons (Fsp3) is 0.667. The monoisotopic (exact) mass is 620 g/mol. The van der Waals surface area contributed by atoms with Gasteiger partial charge in [-0.1, -0.05) is 128 Å². The minimum atomic E-state index is -0.960. The Balaban J connectivity index is 0.000000893. The molecule has 0 aliphatic carbocycles. The van der Waals surface area contributed by atoms with Gasteiger partial charge in [0, 0.05) is 6.42 Å². The number of carbonyl (C=O) groups is 1. The fourth-order valence-electron chi connectivity index (χ4n) is 3.25. The summed E-state index contributed by atoms with van der Waals surface area (Å²) in [6.07, 6.45) is 20.1. The van der Waals surface area contributed by atoms with Gasteiger partial charge in [0.05, 0.1) is 21.7 Å².